The monoisotopic (exact) mass is 264 g/mol. The van der Waals surface area contributed by atoms with Crippen molar-refractivity contribution in [2.24, 2.45) is 0 Å². The van der Waals surface area contributed by atoms with Gasteiger partial charge in [-0.1, -0.05) is 24.1 Å². The third-order valence-electron chi connectivity index (χ3n) is 3.59. The summed E-state index contributed by atoms with van der Waals surface area (Å²) in [7, 11) is 0. The van der Waals surface area contributed by atoms with Gasteiger partial charge in [-0.3, -0.25) is 4.40 Å². The molecule has 0 radical (unpaired) electrons. The number of pyridine rings is 1. The van der Waals surface area contributed by atoms with Crippen LogP contribution in [0.3, 0.4) is 0 Å². The molecule has 3 heterocycles. The summed E-state index contributed by atoms with van der Waals surface area (Å²) in [6.07, 6.45) is 3.58. The van der Waals surface area contributed by atoms with Crippen molar-refractivity contribution in [2.75, 3.05) is 18.8 Å². The summed E-state index contributed by atoms with van der Waals surface area (Å²) < 4.78 is 1.99. The Labute approximate surface area is 111 Å². The number of hydrogen-bond acceptors (Lipinski definition) is 3. The lowest BCUT2D eigenvalue weighted by atomic mass is 10.0. The van der Waals surface area contributed by atoms with Gasteiger partial charge in [0.15, 0.2) is 5.15 Å². The maximum atomic E-state index is 6.20. The molecular weight excluding hydrogens is 248 g/mol. The predicted octanol–water partition coefficient (Wildman–Crippen LogP) is 2.43. The number of rotatable bonds is 1. The number of imidazole rings is 1. The Morgan fingerprint density at radius 2 is 2.28 bits per heavy atom. The summed E-state index contributed by atoms with van der Waals surface area (Å²) >= 11 is 6.20. The molecule has 1 aliphatic heterocycles. The van der Waals surface area contributed by atoms with Crippen LogP contribution in [0, 0.1) is 0 Å². The third kappa shape index (κ3) is 1.95. The van der Waals surface area contributed by atoms with Gasteiger partial charge in [-0.25, -0.2) is 4.98 Å². The number of aromatic nitrogens is 2. The number of nitrogens with one attached hydrogen (secondary N) is 1. The van der Waals surface area contributed by atoms with E-state index in [-0.39, 0.29) is 0 Å². The van der Waals surface area contributed by atoms with Gasteiger partial charge in [-0.2, -0.15) is 0 Å². The Morgan fingerprint density at radius 3 is 3.17 bits per heavy atom. The van der Waals surface area contributed by atoms with Gasteiger partial charge in [0.1, 0.15) is 11.6 Å². The fourth-order valence-electron chi connectivity index (χ4n) is 2.66. The minimum absolute atomic E-state index is 0.386. The summed E-state index contributed by atoms with van der Waals surface area (Å²) in [5.74, 6) is 2.07. The molecule has 0 spiro atoms. The van der Waals surface area contributed by atoms with E-state index in [0.717, 1.165) is 30.9 Å². The Hall–Kier alpha value is -1.26. The van der Waals surface area contributed by atoms with Gasteiger partial charge in [-0.15, -0.1) is 0 Å². The number of halogens is 1. The molecule has 18 heavy (non-hydrogen) atoms. The van der Waals surface area contributed by atoms with Crippen molar-refractivity contribution in [1.82, 2.24) is 14.7 Å². The number of fused-ring (bicyclic) bond motifs is 1. The van der Waals surface area contributed by atoms with Crippen molar-refractivity contribution >= 4 is 22.9 Å². The Balaban J connectivity index is 2.10. The van der Waals surface area contributed by atoms with Gasteiger partial charge < -0.3 is 11.1 Å². The number of nitrogens with zero attached hydrogens (tertiary/aromatic N) is 2. The molecule has 1 aliphatic rings. The van der Waals surface area contributed by atoms with Crippen molar-refractivity contribution in [1.29, 1.82) is 0 Å². The van der Waals surface area contributed by atoms with Crippen LogP contribution in [0.15, 0.2) is 18.2 Å². The van der Waals surface area contributed by atoms with E-state index >= 15 is 0 Å². The van der Waals surface area contributed by atoms with Crippen LogP contribution < -0.4 is 11.1 Å². The molecule has 0 aromatic carbocycles. The highest BCUT2D eigenvalue weighted by Gasteiger charge is 2.21. The summed E-state index contributed by atoms with van der Waals surface area (Å²) in [5, 5.41) is 4.00. The first-order chi connectivity index (χ1) is 8.77. The maximum Gasteiger partial charge on any atom is 0.155 e. The van der Waals surface area contributed by atoms with E-state index in [0.29, 0.717) is 16.9 Å². The first-order valence-electron chi connectivity index (χ1n) is 6.40. The lowest BCUT2D eigenvalue weighted by Gasteiger charge is -2.14. The second-order valence-corrected chi connectivity index (χ2v) is 5.19. The summed E-state index contributed by atoms with van der Waals surface area (Å²) in [4.78, 5) is 4.52. The van der Waals surface area contributed by atoms with Crippen LogP contribution in [0.2, 0.25) is 5.15 Å². The molecule has 1 unspecified atom stereocenters. The molecule has 0 aliphatic carbocycles. The first-order valence-corrected chi connectivity index (χ1v) is 6.78. The molecule has 0 amide bonds. The minimum atomic E-state index is 0.386. The lowest BCUT2D eigenvalue weighted by molar-refractivity contribution is 0.577. The number of nitrogen functional groups attached to an aromatic ring is 1. The quantitative estimate of drug-likeness (QED) is 0.832. The van der Waals surface area contributed by atoms with Crippen LogP contribution in [-0.4, -0.2) is 22.5 Å². The molecule has 5 heteroatoms. The van der Waals surface area contributed by atoms with E-state index in [4.69, 9.17) is 17.3 Å². The zero-order valence-electron chi connectivity index (χ0n) is 10.2. The summed E-state index contributed by atoms with van der Waals surface area (Å²) in [5.41, 5.74) is 6.96. The van der Waals surface area contributed by atoms with Crippen LogP contribution in [0.4, 0.5) is 5.82 Å². The molecule has 0 bridgehead atoms. The number of hydrogen-bond donors (Lipinski definition) is 2. The van der Waals surface area contributed by atoms with Crippen molar-refractivity contribution in [3.63, 3.8) is 0 Å². The number of nitrogens with two attached hydrogens (primary N) is 1. The Kier molecular flexibility index (Phi) is 3.14. The Bertz CT molecular complexity index is 555. The van der Waals surface area contributed by atoms with Crippen molar-refractivity contribution in [2.45, 2.75) is 25.2 Å². The van der Waals surface area contributed by atoms with Crippen LogP contribution in [0.25, 0.3) is 5.52 Å². The van der Waals surface area contributed by atoms with Crippen molar-refractivity contribution < 1.29 is 0 Å². The SMILES string of the molecule is Nc1cccc2c(Cl)nc(C3CCCCNC3)n12. The van der Waals surface area contributed by atoms with Crippen molar-refractivity contribution in [3.05, 3.63) is 29.2 Å². The zero-order chi connectivity index (χ0) is 12.5. The average molecular weight is 265 g/mol. The molecule has 4 nitrogen and oxygen atoms in total. The molecule has 3 N–H and O–H groups in total. The standard InChI is InChI=1S/C13H17ClN4/c14-12-10-5-3-6-11(15)18(10)13(17-12)9-4-1-2-7-16-8-9/h3,5-6,9,16H,1-2,4,7-8,15H2. The fourth-order valence-corrected chi connectivity index (χ4v) is 2.90. The lowest BCUT2D eigenvalue weighted by Crippen LogP contribution is -2.21. The third-order valence-corrected chi connectivity index (χ3v) is 3.86. The normalized spacial score (nSPS) is 21.1. The van der Waals surface area contributed by atoms with E-state index in [1.807, 2.05) is 22.6 Å². The fraction of sp³-hybridized carbons (Fsp3) is 0.462. The van der Waals surface area contributed by atoms with Gasteiger partial charge >= 0.3 is 0 Å². The largest absolute Gasteiger partial charge is 0.385 e. The molecule has 2 aromatic heterocycles. The van der Waals surface area contributed by atoms with Gasteiger partial charge in [0.2, 0.25) is 0 Å². The highest BCUT2D eigenvalue weighted by Crippen LogP contribution is 2.29. The summed E-state index contributed by atoms with van der Waals surface area (Å²) in [6.45, 7) is 2.03. The topological polar surface area (TPSA) is 55.3 Å². The molecule has 2 aromatic rings. The second kappa shape index (κ2) is 4.78. The van der Waals surface area contributed by atoms with Crippen LogP contribution in [0.5, 0.6) is 0 Å². The maximum absolute atomic E-state index is 6.20. The van der Waals surface area contributed by atoms with Gasteiger partial charge in [-0.05, 0) is 31.5 Å². The van der Waals surface area contributed by atoms with Crippen LogP contribution in [0.1, 0.15) is 31.0 Å². The van der Waals surface area contributed by atoms with E-state index in [9.17, 15) is 0 Å². The van der Waals surface area contributed by atoms with E-state index in [1.54, 1.807) is 0 Å². The highest BCUT2D eigenvalue weighted by molar-refractivity contribution is 6.32. The smallest absolute Gasteiger partial charge is 0.155 e. The molecule has 1 saturated heterocycles. The second-order valence-electron chi connectivity index (χ2n) is 4.83. The molecule has 96 valence electrons. The average Bonchev–Trinajstić information content (AvgIpc) is 2.56. The molecular formula is C13H17ClN4. The summed E-state index contributed by atoms with van der Waals surface area (Å²) in [6, 6.07) is 5.76. The number of anilines is 1. The molecule has 1 atom stereocenters. The first kappa shape index (κ1) is 11.8. The zero-order valence-corrected chi connectivity index (χ0v) is 11.0. The highest BCUT2D eigenvalue weighted by atomic mass is 35.5. The van der Waals surface area contributed by atoms with Crippen LogP contribution >= 0.6 is 11.6 Å². The van der Waals surface area contributed by atoms with E-state index < -0.39 is 0 Å². The van der Waals surface area contributed by atoms with Gasteiger partial charge in [0, 0.05) is 12.5 Å². The molecule has 0 saturated carbocycles. The molecule has 1 fully saturated rings. The van der Waals surface area contributed by atoms with E-state index in [1.165, 1.54) is 12.8 Å². The minimum Gasteiger partial charge on any atom is -0.385 e. The van der Waals surface area contributed by atoms with E-state index in [2.05, 4.69) is 10.3 Å². The van der Waals surface area contributed by atoms with Crippen molar-refractivity contribution in [3.8, 4) is 0 Å². The van der Waals surface area contributed by atoms with Crippen LogP contribution in [-0.2, 0) is 0 Å². The Morgan fingerprint density at radius 1 is 1.39 bits per heavy atom. The predicted molar refractivity (Wildman–Crippen MR) is 74.1 cm³/mol. The van der Waals surface area contributed by atoms with Gasteiger partial charge in [0.25, 0.3) is 0 Å². The molecule has 3 rings (SSSR count). The van der Waals surface area contributed by atoms with Gasteiger partial charge in [0.05, 0.1) is 5.52 Å².